The first-order valence-electron chi connectivity index (χ1n) is 6.83. The molecule has 1 unspecified atom stereocenters. The third kappa shape index (κ3) is 3.07. The number of rotatable bonds is 3. The largest absolute Gasteiger partial charge is 0.371 e. The van der Waals surface area contributed by atoms with Crippen molar-refractivity contribution in [3.63, 3.8) is 0 Å². The number of halogens is 1. The van der Waals surface area contributed by atoms with Crippen molar-refractivity contribution in [1.29, 1.82) is 0 Å². The highest BCUT2D eigenvalue weighted by molar-refractivity contribution is 9.10. The summed E-state index contributed by atoms with van der Waals surface area (Å²) in [5.74, 6) is 0.878. The van der Waals surface area contributed by atoms with Crippen LogP contribution < -0.4 is 10.2 Å². The summed E-state index contributed by atoms with van der Waals surface area (Å²) in [6.45, 7) is 6.90. The molecule has 100 valence electrons. The molecule has 1 aromatic carbocycles. The molecule has 1 aliphatic rings. The Bertz CT molecular complexity index is 397. The van der Waals surface area contributed by atoms with Crippen LogP contribution in [-0.4, -0.2) is 20.1 Å². The number of piperidine rings is 1. The quantitative estimate of drug-likeness (QED) is 0.909. The summed E-state index contributed by atoms with van der Waals surface area (Å²) in [7, 11) is 2.00. The predicted molar refractivity (Wildman–Crippen MR) is 82.2 cm³/mol. The fourth-order valence-electron chi connectivity index (χ4n) is 2.47. The van der Waals surface area contributed by atoms with E-state index in [1.807, 2.05) is 7.05 Å². The molecule has 3 heteroatoms. The zero-order valence-corrected chi connectivity index (χ0v) is 13.1. The lowest BCUT2D eigenvalue weighted by atomic mass is 9.98. The summed E-state index contributed by atoms with van der Waals surface area (Å²) in [4.78, 5) is 2.50. The Kier molecular flexibility index (Phi) is 4.68. The van der Waals surface area contributed by atoms with Crippen LogP contribution in [0.15, 0.2) is 22.7 Å². The Labute approximate surface area is 119 Å². The zero-order chi connectivity index (χ0) is 13.1. The average Bonchev–Trinajstić information content (AvgIpc) is 2.39. The third-order valence-electron chi connectivity index (χ3n) is 4.03. The molecule has 1 saturated heterocycles. The van der Waals surface area contributed by atoms with Crippen molar-refractivity contribution >= 4 is 21.6 Å². The van der Waals surface area contributed by atoms with Crippen molar-refractivity contribution < 1.29 is 0 Å². The first-order chi connectivity index (χ1) is 8.61. The normalized spacial score (nSPS) is 19.0. The molecule has 0 aromatic heterocycles. The van der Waals surface area contributed by atoms with Crippen LogP contribution in [0.3, 0.4) is 0 Å². The Hall–Kier alpha value is -0.540. The molecule has 0 aliphatic carbocycles. The van der Waals surface area contributed by atoms with Gasteiger partial charge in [-0.3, -0.25) is 0 Å². The lowest BCUT2D eigenvalue weighted by Gasteiger charge is -2.33. The van der Waals surface area contributed by atoms with Gasteiger partial charge in [0, 0.05) is 23.6 Å². The van der Waals surface area contributed by atoms with Gasteiger partial charge in [-0.1, -0.05) is 13.0 Å². The number of anilines is 1. The summed E-state index contributed by atoms with van der Waals surface area (Å²) >= 11 is 3.73. The van der Waals surface area contributed by atoms with Gasteiger partial charge in [0.2, 0.25) is 0 Å². The van der Waals surface area contributed by atoms with Gasteiger partial charge in [-0.2, -0.15) is 0 Å². The highest BCUT2D eigenvalue weighted by Gasteiger charge is 2.18. The lowest BCUT2D eigenvalue weighted by molar-refractivity contribution is 0.438. The van der Waals surface area contributed by atoms with Gasteiger partial charge in [0.25, 0.3) is 0 Å². The van der Waals surface area contributed by atoms with Crippen molar-refractivity contribution in [3.05, 3.63) is 28.2 Å². The maximum absolute atomic E-state index is 3.73. The van der Waals surface area contributed by atoms with E-state index < -0.39 is 0 Å². The van der Waals surface area contributed by atoms with E-state index in [4.69, 9.17) is 0 Å². The number of nitrogens with one attached hydrogen (secondary N) is 1. The smallest absolute Gasteiger partial charge is 0.0510 e. The minimum absolute atomic E-state index is 0.400. The topological polar surface area (TPSA) is 15.3 Å². The maximum atomic E-state index is 3.73. The van der Waals surface area contributed by atoms with Crippen LogP contribution in [0.4, 0.5) is 5.69 Å². The van der Waals surface area contributed by atoms with Gasteiger partial charge in [0.1, 0.15) is 0 Å². The van der Waals surface area contributed by atoms with Gasteiger partial charge < -0.3 is 10.2 Å². The van der Waals surface area contributed by atoms with Gasteiger partial charge in [-0.25, -0.2) is 0 Å². The lowest BCUT2D eigenvalue weighted by Crippen LogP contribution is -2.33. The molecule has 2 rings (SSSR count). The molecule has 1 aliphatic heterocycles. The average molecular weight is 311 g/mol. The second-order valence-electron chi connectivity index (χ2n) is 5.39. The van der Waals surface area contributed by atoms with Gasteiger partial charge in [0.15, 0.2) is 0 Å². The molecule has 1 heterocycles. The molecular formula is C15H23BrN2. The molecule has 1 N–H and O–H groups in total. The molecule has 0 spiro atoms. The second-order valence-corrected chi connectivity index (χ2v) is 6.25. The molecule has 0 bridgehead atoms. The third-order valence-corrected chi connectivity index (χ3v) is 4.66. The number of nitrogens with zero attached hydrogens (tertiary/aromatic N) is 1. The minimum Gasteiger partial charge on any atom is -0.371 e. The Morgan fingerprint density at radius 3 is 2.56 bits per heavy atom. The summed E-state index contributed by atoms with van der Waals surface area (Å²) in [5.41, 5.74) is 2.67. The number of benzene rings is 1. The van der Waals surface area contributed by atoms with E-state index in [1.165, 1.54) is 41.7 Å². The van der Waals surface area contributed by atoms with E-state index in [-0.39, 0.29) is 0 Å². The fourth-order valence-corrected chi connectivity index (χ4v) is 3.11. The van der Waals surface area contributed by atoms with Crippen LogP contribution in [0.2, 0.25) is 0 Å². The number of hydrogen-bond donors (Lipinski definition) is 1. The van der Waals surface area contributed by atoms with E-state index in [1.54, 1.807) is 0 Å². The van der Waals surface area contributed by atoms with Crippen molar-refractivity contribution in [1.82, 2.24) is 5.32 Å². The van der Waals surface area contributed by atoms with Gasteiger partial charge >= 0.3 is 0 Å². The molecule has 0 saturated carbocycles. The SMILES string of the molecule is CNC(C)c1ccc(N2CCC(C)CC2)c(Br)c1. The zero-order valence-electron chi connectivity index (χ0n) is 11.5. The second kappa shape index (κ2) is 6.07. The molecule has 1 aromatic rings. The first-order valence-corrected chi connectivity index (χ1v) is 7.62. The molecular weight excluding hydrogens is 288 g/mol. The molecule has 1 fully saturated rings. The first kappa shape index (κ1) is 13.9. The van der Waals surface area contributed by atoms with E-state index in [9.17, 15) is 0 Å². The standard InChI is InChI=1S/C15H23BrN2/c1-11-6-8-18(9-7-11)15-5-4-13(10-14(15)16)12(2)17-3/h4-5,10-12,17H,6-9H2,1-3H3. The Balaban J connectivity index is 2.14. The monoisotopic (exact) mass is 310 g/mol. The highest BCUT2D eigenvalue weighted by Crippen LogP contribution is 2.32. The van der Waals surface area contributed by atoms with Crippen molar-refractivity contribution in [2.45, 2.75) is 32.7 Å². The summed E-state index contributed by atoms with van der Waals surface area (Å²) in [5, 5.41) is 3.28. The Morgan fingerprint density at radius 1 is 1.33 bits per heavy atom. The highest BCUT2D eigenvalue weighted by atomic mass is 79.9. The summed E-state index contributed by atoms with van der Waals surface area (Å²) < 4.78 is 1.22. The van der Waals surface area contributed by atoms with Crippen LogP contribution in [-0.2, 0) is 0 Å². The molecule has 1 atom stereocenters. The fraction of sp³-hybridized carbons (Fsp3) is 0.600. The van der Waals surface area contributed by atoms with E-state index >= 15 is 0 Å². The van der Waals surface area contributed by atoms with Crippen LogP contribution >= 0.6 is 15.9 Å². The maximum Gasteiger partial charge on any atom is 0.0510 e. The number of hydrogen-bond acceptors (Lipinski definition) is 2. The van der Waals surface area contributed by atoms with Gasteiger partial charge in [-0.15, -0.1) is 0 Å². The van der Waals surface area contributed by atoms with E-state index in [0.717, 1.165) is 5.92 Å². The molecule has 0 radical (unpaired) electrons. The van der Waals surface area contributed by atoms with Gasteiger partial charge in [-0.05, 0) is 66.4 Å². The Morgan fingerprint density at radius 2 is 2.00 bits per heavy atom. The van der Waals surface area contributed by atoms with Crippen LogP contribution in [0, 0.1) is 5.92 Å². The van der Waals surface area contributed by atoms with E-state index in [2.05, 4.69) is 58.2 Å². The van der Waals surface area contributed by atoms with Crippen molar-refractivity contribution in [2.24, 2.45) is 5.92 Å². The van der Waals surface area contributed by atoms with Gasteiger partial charge in [0.05, 0.1) is 5.69 Å². The predicted octanol–water partition coefficient (Wildman–Crippen LogP) is 3.97. The van der Waals surface area contributed by atoms with Crippen molar-refractivity contribution in [2.75, 3.05) is 25.0 Å². The molecule has 18 heavy (non-hydrogen) atoms. The molecule has 2 nitrogen and oxygen atoms in total. The van der Waals surface area contributed by atoms with Crippen LogP contribution in [0.25, 0.3) is 0 Å². The molecule has 0 amide bonds. The summed E-state index contributed by atoms with van der Waals surface area (Å²) in [6.07, 6.45) is 2.61. The van der Waals surface area contributed by atoms with Crippen molar-refractivity contribution in [3.8, 4) is 0 Å². The minimum atomic E-state index is 0.400. The van der Waals surface area contributed by atoms with Crippen LogP contribution in [0.1, 0.15) is 38.3 Å². The summed E-state index contributed by atoms with van der Waals surface area (Å²) in [6, 6.07) is 7.13. The van der Waals surface area contributed by atoms with Crippen LogP contribution in [0.5, 0.6) is 0 Å². The van der Waals surface area contributed by atoms with E-state index in [0.29, 0.717) is 6.04 Å².